The number of hydrogen-bond acceptors (Lipinski definition) is 4. The fourth-order valence-corrected chi connectivity index (χ4v) is 3.96. The van der Waals surface area contributed by atoms with E-state index in [1.165, 1.54) is 18.9 Å². The van der Waals surface area contributed by atoms with Crippen molar-refractivity contribution in [3.63, 3.8) is 0 Å². The minimum atomic E-state index is -0.294. The Morgan fingerprint density at radius 1 is 1.24 bits per heavy atom. The van der Waals surface area contributed by atoms with Gasteiger partial charge >= 0.3 is 0 Å². The van der Waals surface area contributed by atoms with Gasteiger partial charge in [0, 0.05) is 65.0 Å². The highest BCUT2D eigenvalue weighted by Crippen LogP contribution is 2.34. The molecule has 0 aliphatic heterocycles. The lowest BCUT2D eigenvalue weighted by molar-refractivity contribution is -0.111. The number of aromatic nitrogens is 3. The lowest BCUT2D eigenvalue weighted by atomic mass is 10.0. The fraction of sp³-hybridized carbons (Fsp3) is 0.192. The molecule has 0 atom stereocenters. The van der Waals surface area contributed by atoms with Crippen LogP contribution in [0.25, 0.3) is 33.3 Å². The van der Waals surface area contributed by atoms with Gasteiger partial charge in [-0.25, -0.2) is 4.98 Å². The topological polar surface area (TPSA) is 89.0 Å². The lowest BCUT2D eigenvalue weighted by Gasteiger charge is -2.10. The second kappa shape index (κ2) is 8.43. The number of fused-ring (bicyclic) bond motifs is 1. The van der Waals surface area contributed by atoms with Crippen molar-refractivity contribution in [2.75, 3.05) is 12.4 Å². The summed E-state index contributed by atoms with van der Waals surface area (Å²) in [5.41, 5.74) is 5.07. The molecule has 3 aromatic heterocycles. The fourth-order valence-electron chi connectivity index (χ4n) is 3.96. The molecular formula is C26H24N4O3. The summed E-state index contributed by atoms with van der Waals surface area (Å²) in [7, 11) is 1.58. The van der Waals surface area contributed by atoms with Gasteiger partial charge in [0.1, 0.15) is 11.4 Å². The predicted octanol–water partition coefficient (Wildman–Crippen LogP) is 4.60. The van der Waals surface area contributed by atoms with E-state index in [0.717, 1.165) is 39.8 Å². The first-order chi connectivity index (χ1) is 16.0. The Balaban J connectivity index is 1.57. The van der Waals surface area contributed by atoms with Crippen molar-refractivity contribution in [2.24, 2.45) is 5.92 Å². The molecule has 2 N–H and O–H groups in total. The molecule has 4 aromatic rings. The van der Waals surface area contributed by atoms with E-state index in [9.17, 15) is 9.59 Å². The predicted molar refractivity (Wildman–Crippen MR) is 129 cm³/mol. The second-order valence-corrected chi connectivity index (χ2v) is 8.32. The monoisotopic (exact) mass is 440 g/mol. The number of pyridine rings is 2. The molecule has 5 rings (SSSR count). The van der Waals surface area contributed by atoms with Crippen LogP contribution in [0.2, 0.25) is 0 Å². The molecule has 1 aliphatic rings. The van der Waals surface area contributed by atoms with Crippen LogP contribution in [0.1, 0.15) is 12.8 Å². The Morgan fingerprint density at radius 3 is 2.85 bits per heavy atom. The van der Waals surface area contributed by atoms with Crippen molar-refractivity contribution in [2.45, 2.75) is 19.4 Å². The van der Waals surface area contributed by atoms with Crippen LogP contribution in [-0.2, 0) is 11.3 Å². The number of carbonyl (C=O) groups excluding carboxylic acids is 1. The number of benzene rings is 1. The molecule has 1 amide bonds. The standard InChI is InChI=1S/C26H24N4O3/c1-3-24(31)29-20-8-18(9-21(11-20)33-2)19-10-22-23(13-28-26(22)27-12-19)17-6-7-25(32)30(15-17)14-16-4-5-16/h3,6-13,15-16H,1,4-5,14H2,2H3,(H,27,28)(H,29,31). The van der Waals surface area contributed by atoms with E-state index < -0.39 is 0 Å². The van der Waals surface area contributed by atoms with Crippen molar-refractivity contribution in [1.82, 2.24) is 14.5 Å². The zero-order valence-electron chi connectivity index (χ0n) is 18.3. The summed E-state index contributed by atoms with van der Waals surface area (Å²) in [6, 6.07) is 11.1. The molecule has 1 saturated carbocycles. The number of anilines is 1. The maximum absolute atomic E-state index is 12.3. The second-order valence-electron chi connectivity index (χ2n) is 8.32. The summed E-state index contributed by atoms with van der Waals surface area (Å²) in [5, 5.41) is 3.73. The van der Waals surface area contributed by atoms with Gasteiger partial charge in [-0.15, -0.1) is 0 Å². The largest absolute Gasteiger partial charge is 0.497 e. The minimum absolute atomic E-state index is 0.0230. The van der Waals surface area contributed by atoms with Crippen LogP contribution in [-0.4, -0.2) is 27.6 Å². The van der Waals surface area contributed by atoms with Crippen molar-refractivity contribution >= 4 is 22.6 Å². The minimum Gasteiger partial charge on any atom is -0.497 e. The molecule has 0 unspecified atom stereocenters. The molecule has 1 aromatic carbocycles. The number of nitrogens with zero attached hydrogens (tertiary/aromatic N) is 2. The quantitative estimate of drug-likeness (QED) is 0.411. The number of amides is 1. The highest BCUT2D eigenvalue weighted by Gasteiger charge is 2.22. The van der Waals surface area contributed by atoms with E-state index >= 15 is 0 Å². The van der Waals surface area contributed by atoms with Gasteiger partial charge in [-0.05, 0) is 54.7 Å². The Kier molecular flexibility index (Phi) is 5.30. The molecule has 0 bridgehead atoms. The van der Waals surface area contributed by atoms with Gasteiger partial charge < -0.3 is 19.6 Å². The van der Waals surface area contributed by atoms with Gasteiger partial charge in [0.25, 0.3) is 5.56 Å². The first kappa shape index (κ1) is 20.8. The van der Waals surface area contributed by atoms with Crippen molar-refractivity contribution in [3.8, 4) is 28.0 Å². The Labute approximate surface area is 190 Å². The SMILES string of the molecule is C=CC(=O)Nc1cc(OC)cc(-c2cnc3[nH]cc(-c4ccc(=O)n(CC5CC5)c4)c3c2)c1. The van der Waals surface area contributed by atoms with Crippen LogP contribution < -0.4 is 15.6 Å². The number of aromatic amines is 1. The summed E-state index contributed by atoms with van der Waals surface area (Å²) >= 11 is 0. The average molecular weight is 441 g/mol. The number of H-pyrrole nitrogens is 1. The number of hydrogen-bond donors (Lipinski definition) is 2. The molecule has 0 radical (unpaired) electrons. The van der Waals surface area contributed by atoms with Crippen LogP contribution in [0.5, 0.6) is 5.75 Å². The van der Waals surface area contributed by atoms with Gasteiger partial charge in [0.2, 0.25) is 5.91 Å². The molecule has 3 heterocycles. The van der Waals surface area contributed by atoms with Crippen LogP contribution in [0.15, 0.2) is 72.4 Å². The Bertz CT molecular complexity index is 1430. The highest BCUT2D eigenvalue weighted by molar-refractivity contribution is 6.00. The van der Waals surface area contributed by atoms with Crippen molar-refractivity contribution < 1.29 is 9.53 Å². The maximum atomic E-state index is 12.3. The summed E-state index contributed by atoms with van der Waals surface area (Å²) in [6.45, 7) is 4.26. The summed E-state index contributed by atoms with van der Waals surface area (Å²) in [5.74, 6) is 0.934. The summed E-state index contributed by atoms with van der Waals surface area (Å²) < 4.78 is 7.23. The van der Waals surface area contributed by atoms with Crippen molar-refractivity contribution in [3.05, 3.63) is 78.0 Å². The Morgan fingerprint density at radius 2 is 2.09 bits per heavy atom. The summed E-state index contributed by atoms with van der Waals surface area (Å²) in [6.07, 6.45) is 9.24. The Hall–Kier alpha value is -4.13. The number of carbonyl (C=O) groups is 1. The smallest absolute Gasteiger partial charge is 0.250 e. The third-order valence-corrected chi connectivity index (χ3v) is 5.91. The van der Waals surface area contributed by atoms with Gasteiger partial charge in [0.05, 0.1) is 7.11 Å². The zero-order chi connectivity index (χ0) is 22.9. The molecule has 1 aliphatic carbocycles. The average Bonchev–Trinajstić information content (AvgIpc) is 3.55. The van der Waals surface area contributed by atoms with Gasteiger partial charge in [-0.1, -0.05) is 6.58 Å². The van der Waals surface area contributed by atoms with E-state index in [0.29, 0.717) is 17.4 Å². The third kappa shape index (κ3) is 4.30. The van der Waals surface area contributed by atoms with Crippen molar-refractivity contribution in [1.29, 1.82) is 0 Å². The van der Waals surface area contributed by atoms with Gasteiger partial charge in [0.15, 0.2) is 0 Å². The summed E-state index contributed by atoms with van der Waals surface area (Å²) in [4.78, 5) is 31.9. The molecule has 33 heavy (non-hydrogen) atoms. The van der Waals surface area contributed by atoms with Gasteiger partial charge in [-0.2, -0.15) is 0 Å². The van der Waals surface area contributed by atoms with E-state index in [2.05, 4.69) is 27.9 Å². The number of nitrogens with one attached hydrogen (secondary N) is 2. The molecule has 7 nitrogen and oxygen atoms in total. The molecule has 166 valence electrons. The molecule has 0 saturated heterocycles. The first-order valence-electron chi connectivity index (χ1n) is 10.8. The van der Waals surface area contributed by atoms with Crippen LogP contribution in [0.3, 0.4) is 0 Å². The van der Waals surface area contributed by atoms with Crippen LogP contribution in [0, 0.1) is 5.92 Å². The normalized spacial score (nSPS) is 13.1. The number of methoxy groups -OCH3 is 1. The zero-order valence-corrected chi connectivity index (χ0v) is 18.3. The molecule has 1 fully saturated rings. The van der Waals surface area contributed by atoms with Crippen LogP contribution in [0.4, 0.5) is 5.69 Å². The molecule has 7 heteroatoms. The number of rotatable bonds is 7. The number of ether oxygens (including phenoxy) is 1. The van der Waals surface area contributed by atoms with Crippen LogP contribution >= 0.6 is 0 Å². The van der Waals surface area contributed by atoms with E-state index in [-0.39, 0.29) is 11.5 Å². The van der Waals surface area contributed by atoms with E-state index in [1.54, 1.807) is 30.0 Å². The highest BCUT2D eigenvalue weighted by atomic mass is 16.5. The third-order valence-electron chi connectivity index (χ3n) is 5.91. The molecule has 0 spiro atoms. The lowest BCUT2D eigenvalue weighted by Crippen LogP contribution is -2.19. The van der Waals surface area contributed by atoms with E-state index in [4.69, 9.17) is 4.74 Å². The maximum Gasteiger partial charge on any atom is 0.250 e. The van der Waals surface area contributed by atoms with E-state index in [1.807, 2.05) is 30.6 Å². The van der Waals surface area contributed by atoms with Gasteiger partial charge in [-0.3, -0.25) is 9.59 Å². The first-order valence-corrected chi connectivity index (χ1v) is 10.8. The molecular weight excluding hydrogens is 416 g/mol.